The van der Waals surface area contributed by atoms with E-state index in [9.17, 15) is 4.39 Å². The molecule has 0 spiro atoms. The van der Waals surface area contributed by atoms with Crippen LogP contribution in [0.1, 0.15) is 17.6 Å². The van der Waals surface area contributed by atoms with Crippen molar-refractivity contribution in [1.29, 1.82) is 0 Å². The summed E-state index contributed by atoms with van der Waals surface area (Å²) in [6.45, 7) is 6.52. The van der Waals surface area contributed by atoms with E-state index in [1.807, 2.05) is 38.1 Å². The maximum atomic E-state index is 13.5. The molecule has 4 aromatic rings. The van der Waals surface area contributed by atoms with Crippen molar-refractivity contribution >= 4 is 44.7 Å². The maximum Gasteiger partial charge on any atom is 0.143 e. The lowest BCUT2D eigenvalue weighted by molar-refractivity contribution is 0.340. The molecule has 1 N–H and O–H groups in total. The highest BCUT2D eigenvalue weighted by Crippen LogP contribution is 2.42. The van der Waals surface area contributed by atoms with Gasteiger partial charge in [-0.3, -0.25) is 0 Å². The number of rotatable bonds is 5. The molecule has 0 aliphatic rings. The molecule has 0 saturated heterocycles. The summed E-state index contributed by atoms with van der Waals surface area (Å²) >= 11 is 7.57. The maximum absolute atomic E-state index is 13.5. The number of ether oxygens (including phenoxy) is 1. The Balaban J connectivity index is 1.85. The lowest BCUT2D eigenvalue weighted by atomic mass is 10.0. The summed E-state index contributed by atoms with van der Waals surface area (Å²) in [7, 11) is 0. The molecular formula is C22H19ClFN3OS. The van der Waals surface area contributed by atoms with Gasteiger partial charge < -0.3 is 10.1 Å². The SMILES string of the molecule is CCOc1ccc(-c2c(C)sc3nc(C)nc(Nc4ccc(F)c(Cl)c4)c23)cc1. The molecule has 0 radical (unpaired) electrons. The summed E-state index contributed by atoms with van der Waals surface area (Å²) in [4.78, 5) is 11.3. The Bertz CT molecular complexity index is 1190. The first-order chi connectivity index (χ1) is 14.0. The van der Waals surface area contributed by atoms with Gasteiger partial charge in [0.1, 0.15) is 28.0 Å². The minimum absolute atomic E-state index is 0.0604. The van der Waals surface area contributed by atoms with Crippen LogP contribution >= 0.6 is 22.9 Å². The van der Waals surface area contributed by atoms with Crippen molar-refractivity contribution in [2.24, 2.45) is 0 Å². The Hall–Kier alpha value is -2.70. The number of fused-ring (bicyclic) bond motifs is 1. The number of halogens is 2. The van der Waals surface area contributed by atoms with Crippen LogP contribution in [-0.2, 0) is 0 Å². The quantitative estimate of drug-likeness (QED) is 0.376. The number of nitrogens with zero attached hydrogens (tertiary/aromatic N) is 2. The second-order valence-corrected chi connectivity index (χ2v) is 8.15. The number of aromatic nitrogens is 2. The second-order valence-electron chi connectivity index (χ2n) is 6.54. The van der Waals surface area contributed by atoms with Crippen molar-refractivity contribution in [1.82, 2.24) is 9.97 Å². The molecule has 0 aliphatic heterocycles. The zero-order valence-electron chi connectivity index (χ0n) is 16.2. The molecule has 0 aliphatic carbocycles. The first-order valence-corrected chi connectivity index (χ1v) is 10.4. The van der Waals surface area contributed by atoms with Gasteiger partial charge in [0, 0.05) is 16.1 Å². The van der Waals surface area contributed by atoms with Gasteiger partial charge in [0.15, 0.2) is 0 Å². The molecule has 0 amide bonds. The molecule has 2 aromatic carbocycles. The lowest BCUT2D eigenvalue weighted by Crippen LogP contribution is -1.99. The molecule has 0 unspecified atom stereocenters. The van der Waals surface area contributed by atoms with Crippen molar-refractivity contribution in [3.63, 3.8) is 0 Å². The second kappa shape index (κ2) is 7.97. The highest BCUT2D eigenvalue weighted by molar-refractivity contribution is 7.19. The number of hydrogen-bond donors (Lipinski definition) is 1. The monoisotopic (exact) mass is 427 g/mol. The number of anilines is 2. The number of aryl methyl sites for hydroxylation is 2. The van der Waals surface area contributed by atoms with Gasteiger partial charge in [0.2, 0.25) is 0 Å². The van der Waals surface area contributed by atoms with Crippen molar-refractivity contribution in [3.05, 3.63) is 64.0 Å². The number of hydrogen-bond acceptors (Lipinski definition) is 5. The predicted molar refractivity (Wildman–Crippen MR) is 118 cm³/mol. The number of nitrogens with one attached hydrogen (secondary N) is 1. The predicted octanol–water partition coefficient (Wildman–Crippen LogP) is 6.91. The van der Waals surface area contributed by atoms with Crippen LogP contribution in [0.3, 0.4) is 0 Å². The zero-order valence-corrected chi connectivity index (χ0v) is 17.8. The van der Waals surface area contributed by atoms with Crippen molar-refractivity contribution in [2.45, 2.75) is 20.8 Å². The van der Waals surface area contributed by atoms with Crippen LogP contribution < -0.4 is 10.1 Å². The summed E-state index contributed by atoms with van der Waals surface area (Å²) in [6, 6.07) is 12.5. The summed E-state index contributed by atoms with van der Waals surface area (Å²) in [5.74, 6) is 1.71. The van der Waals surface area contributed by atoms with Crippen LogP contribution in [-0.4, -0.2) is 16.6 Å². The van der Waals surface area contributed by atoms with Crippen molar-refractivity contribution < 1.29 is 9.13 Å². The first-order valence-electron chi connectivity index (χ1n) is 9.19. The van der Waals surface area contributed by atoms with Gasteiger partial charge in [-0.15, -0.1) is 11.3 Å². The third-order valence-electron chi connectivity index (χ3n) is 4.48. The average molecular weight is 428 g/mol. The molecule has 29 heavy (non-hydrogen) atoms. The smallest absolute Gasteiger partial charge is 0.143 e. The Labute approximate surface area is 177 Å². The van der Waals surface area contributed by atoms with E-state index in [1.165, 1.54) is 6.07 Å². The van der Waals surface area contributed by atoms with Gasteiger partial charge in [-0.05, 0) is 56.7 Å². The van der Waals surface area contributed by atoms with E-state index in [0.29, 0.717) is 23.9 Å². The van der Waals surface area contributed by atoms with Crippen molar-refractivity contribution in [3.8, 4) is 16.9 Å². The van der Waals surface area contributed by atoms with E-state index < -0.39 is 5.82 Å². The Morgan fingerprint density at radius 1 is 1.10 bits per heavy atom. The topological polar surface area (TPSA) is 47.0 Å². The molecule has 0 fully saturated rings. The molecule has 0 saturated carbocycles. The van der Waals surface area contributed by atoms with Crippen LogP contribution in [0, 0.1) is 19.7 Å². The van der Waals surface area contributed by atoms with Crippen LogP contribution in [0.15, 0.2) is 42.5 Å². The van der Waals surface area contributed by atoms with Crippen LogP contribution in [0.25, 0.3) is 21.3 Å². The first kappa shape index (κ1) is 19.6. The summed E-state index contributed by atoms with van der Waals surface area (Å²) in [6.07, 6.45) is 0. The van der Waals surface area contributed by atoms with Crippen LogP contribution in [0.5, 0.6) is 5.75 Å². The molecule has 2 aromatic heterocycles. The zero-order chi connectivity index (χ0) is 20.5. The normalized spacial score (nSPS) is 11.1. The van der Waals surface area contributed by atoms with Gasteiger partial charge in [-0.2, -0.15) is 0 Å². The largest absolute Gasteiger partial charge is 0.494 e. The third-order valence-corrected chi connectivity index (χ3v) is 5.76. The molecule has 7 heteroatoms. The summed E-state index contributed by atoms with van der Waals surface area (Å²) in [5.41, 5.74) is 2.80. The van der Waals surface area contributed by atoms with Crippen LogP contribution in [0.2, 0.25) is 5.02 Å². The van der Waals surface area contributed by atoms with Gasteiger partial charge in [-0.1, -0.05) is 23.7 Å². The van der Waals surface area contributed by atoms with Gasteiger partial charge in [-0.25, -0.2) is 14.4 Å². The van der Waals surface area contributed by atoms with Gasteiger partial charge >= 0.3 is 0 Å². The average Bonchev–Trinajstić information content (AvgIpc) is 3.01. The fourth-order valence-corrected chi connectivity index (χ4v) is 4.52. The van der Waals surface area contributed by atoms with E-state index in [4.69, 9.17) is 16.3 Å². The van der Waals surface area contributed by atoms with E-state index in [-0.39, 0.29) is 5.02 Å². The molecular weight excluding hydrogens is 409 g/mol. The highest BCUT2D eigenvalue weighted by atomic mass is 35.5. The van der Waals surface area contributed by atoms with Gasteiger partial charge in [0.05, 0.1) is 17.0 Å². The Morgan fingerprint density at radius 2 is 1.86 bits per heavy atom. The lowest BCUT2D eigenvalue weighted by Gasteiger charge is -2.11. The molecule has 2 heterocycles. The highest BCUT2D eigenvalue weighted by Gasteiger charge is 2.18. The van der Waals surface area contributed by atoms with E-state index in [0.717, 1.165) is 32.0 Å². The van der Waals surface area contributed by atoms with E-state index in [2.05, 4.69) is 22.2 Å². The summed E-state index contributed by atoms with van der Waals surface area (Å²) in [5, 5.41) is 4.28. The third kappa shape index (κ3) is 3.91. The summed E-state index contributed by atoms with van der Waals surface area (Å²) < 4.78 is 19.1. The van der Waals surface area contributed by atoms with Crippen LogP contribution in [0.4, 0.5) is 15.9 Å². The minimum atomic E-state index is -0.456. The van der Waals surface area contributed by atoms with Crippen molar-refractivity contribution in [2.75, 3.05) is 11.9 Å². The molecule has 148 valence electrons. The molecule has 0 bridgehead atoms. The number of benzene rings is 2. The molecule has 4 rings (SSSR count). The minimum Gasteiger partial charge on any atom is -0.494 e. The van der Waals surface area contributed by atoms with Gasteiger partial charge in [0.25, 0.3) is 0 Å². The van der Waals surface area contributed by atoms with E-state index >= 15 is 0 Å². The molecule has 4 nitrogen and oxygen atoms in total. The Morgan fingerprint density at radius 3 is 2.55 bits per heavy atom. The van der Waals surface area contributed by atoms with E-state index in [1.54, 1.807) is 23.5 Å². The fraction of sp³-hybridized carbons (Fsp3) is 0.182. The number of thiophene rings is 1. The molecule has 0 atom stereocenters. The Kier molecular flexibility index (Phi) is 5.39. The fourth-order valence-electron chi connectivity index (χ4n) is 3.25. The standard InChI is InChI=1S/C22H19ClFN3OS/c1-4-28-16-8-5-14(6-9-16)19-12(2)29-22-20(19)21(25-13(3)26-22)27-15-7-10-18(24)17(23)11-15/h5-11H,4H2,1-3H3,(H,25,26,27).